The van der Waals surface area contributed by atoms with E-state index in [2.05, 4.69) is 16.0 Å². The second kappa shape index (κ2) is 12.7. The Morgan fingerprint density at radius 1 is 0.469 bits per heavy atom. The standard InChI is InChI=1S/C39H27N3O6S/c43-37(41-35-16-6-11-25-9-2-4-14-32(25)35)27-20-28(22-29(21-27)40-39(45)34-15-5-10-24-8-1-3-13-31(24)34)38(44)42-36-17-7-12-26-23-30(49(46,47)48)18-19-33(26)36/h1-23H,(H,40,45)(H,41,43)(H,42,44)(H,46,47,48). The van der Waals surface area contributed by atoms with Crippen molar-refractivity contribution < 1.29 is 27.4 Å². The third-order valence-corrected chi connectivity index (χ3v) is 9.03. The van der Waals surface area contributed by atoms with Crippen LogP contribution in [-0.4, -0.2) is 30.7 Å². The number of nitrogens with one attached hydrogen (secondary N) is 3. The van der Waals surface area contributed by atoms with Gasteiger partial charge in [0.1, 0.15) is 0 Å². The molecule has 9 nitrogen and oxygen atoms in total. The largest absolute Gasteiger partial charge is 0.322 e. The SMILES string of the molecule is O=C(Nc1cccc2ccccc12)c1cc(NC(=O)c2cccc3ccccc23)cc(C(=O)Nc2cccc3cc(S(=O)(=O)O)ccc23)c1. The average Bonchev–Trinajstić information content (AvgIpc) is 3.11. The summed E-state index contributed by atoms with van der Waals surface area (Å²) in [7, 11) is -4.43. The fourth-order valence-electron chi connectivity index (χ4n) is 5.84. The summed E-state index contributed by atoms with van der Waals surface area (Å²) < 4.78 is 32.8. The van der Waals surface area contributed by atoms with Crippen molar-refractivity contribution in [2.75, 3.05) is 16.0 Å². The zero-order valence-electron chi connectivity index (χ0n) is 25.7. The van der Waals surface area contributed by atoms with Crippen LogP contribution in [0.4, 0.5) is 17.1 Å². The molecule has 0 radical (unpaired) electrons. The highest BCUT2D eigenvalue weighted by Gasteiger charge is 2.18. The van der Waals surface area contributed by atoms with Crippen molar-refractivity contribution in [3.63, 3.8) is 0 Å². The van der Waals surface area contributed by atoms with Gasteiger partial charge >= 0.3 is 0 Å². The minimum absolute atomic E-state index is 0.0883. The third-order valence-electron chi connectivity index (χ3n) is 8.19. The number of hydrogen-bond donors (Lipinski definition) is 4. The number of hydrogen-bond acceptors (Lipinski definition) is 5. The zero-order valence-corrected chi connectivity index (χ0v) is 26.5. The normalized spacial score (nSPS) is 11.4. The van der Waals surface area contributed by atoms with Crippen molar-refractivity contribution in [2.45, 2.75) is 4.90 Å². The number of anilines is 3. The summed E-state index contributed by atoms with van der Waals surface area (Å²) in [5.41, 5.74) is 1.82. The van der Waals surface area contributed by atoms with E-state index in [9.17, 15) is 27.4 Å². The van der Waals surface area contributed by atoms with Gasteiger partial charge < -0.3 is 16.0 Å². The van der Waals surface area contributed by atoms with Gasteiger partial charge in [-0.15, -0.1) is 0 Å². The fourth-order valence-corrected chi connectivity index (χ4v) is 6.35. The Morgan fingerprint density at radius 2 is 0.980 bits per heavy atom. The van der Waals surface area contributed by atoms with Gasteiger partial charge in [0.2, 0.25) is 0 Å². The van der Waals surface area contributed by atoms with Crippen molar-refractivity contribution in [2.24, 2.45) is 0 Å². The lowest BCUT2D eigenvalue weighted by molar-refractivity contribution is 0.101. The summed E-state index contributed by atoms with van der Waals surface area (Å²) in [5.74, 6) is -1.49. The summed E-state index contributed by atoms with van der Waals surface area (Å²) in [5, 5.41) is 13.1. The van der Waals surface area contributed by atoms with Crippen molar-refractivity contribution in [1.82, 2.24) is 0 Å². The number of benzene rings is 7. The van der Waals surface area contributed by atoms with Crippen LogP contribution in [0.3, 0.4) is 0 Å². The van der Waals surface area contributed by atoms with Gasteiger partial charge in [0.05, 0.1) is 4.90 Å². The molecule has 0 aliphatic heterocycles. The highest BCUT2D eigenvalue weighted by molar-refractivity contribution is 7.85. The Bertz CT molecular complexity index is 2570. The van der Waals surface area contributed by atoms with E-state index in [0.29, 0.717) is 27.7 Å². The number of carbonyl (C=O) groups is 3. The second-order valence-corrected chi connectivity index (χ2v) is 12.8. The van der Waals surface area contributed by atoms with Gasteiger partial charge in [-0.25, -0.2) is 0 Å². The first-order valence-electron chi connectivity index (χ1n) is 15.2. The van der Waals surface area contributed by atoms with Crippen molar-refractivity contribution >= 4 is 77.2 Å². The van der Waals surface area contributed by atoms with E-state index < -0.39 is 27.8 Å². The predicted molar refractivity (Wildman–Crippen MR) is 192 cm³/mol. The molecular formula is C39H27N3O6S. The Kier molecular flexibility index (Phi) is 8.09. The summed E-state index contributed by atoms with van der Waals surface area (Å²) in [4.78, 5) is 40.8. The fraction of sp³-hybridized carbons (Fsp3) is 0. The number of amides is 3. The summed E-state index contributed by atoms with van der Waals surface area (Å²) in [6.45, 7) is 0. The molecule has 7 aromatic rings. The Labute approximate surface area is 281 Å². The molecule has 0 saturated carbocycles. The molecular weight excluding hydrogens is 639 g/mol. The van der Waals surface area contributed by atoms with Crippen molar-refractivity contribution in [3.05, 3.63) is 156 Å². The van der Waals surface area contributed by atoms with Crippen LogP contribution < -0.4 is 16.0 Å². The third kappa shape index (κ3) is 6.46. The monoisotopic (exact) mass is 665 g/mol. The van der Waals surface area contributed by atoms with Crippen LogP contribution in [0.25, 0.3) is 32.3 Å². The van der Waals surface area contributed by atoms with Crippen LogP contribution in [0.15, 0.2) is 144 Å². The van der Waals surface area contributed by atoms with E-state index in [4.69, 9.17) is 0 Å². The van der Waals surface area contributed by atoms with Crippen LogP contribution in [0.5, 0.6) is 0 Å². The molecule has 0 aliphatic rings. The first-order valence-corrected chi connectivity index (χ1v) is 16.6. The Hall–Kier alpha value is -6.36. The average molecular weight is 666 g/mol. The van der Waals surface area contributed by atoms with Crippen LogP contribution in [0, 0.1) is 0 Å². The van der Waals surface area contributed by atoms with Crippen molar-refractivity contribution in [1.29, 1.82) is 0 Å². The Balaban J connectivity index is 1.25. The molecule has 0 spiro atoms. The van der Waals surface area contributed by atoms with Gasteiger partial charge in [-0.3, -0.25) is 18.9 Å². The molecule has 7 aromatic carbocycles. The van der Waals surface area contributed by atoms with Crippen LogP contribution in [0.2, 0.25) is 0 Å². The Morgan fingerprint density at radius 3 is 1.61 bits per heavy atom. The minimum atomic E-state index is -4.43. The highest BCUT2D eigenvalue weighted by atomic mass is 32.2. The summed E-state index contributed by atoms with van der Waals surface area (Å²) in [6, 6.07) is 39.4. The lowest BCUT2D eigenvalue weighted by Crippen LogP contribution is -2.18. The smallest absolute Gasteiger partial charge is 0.294 e. The van der Waals surface area contributed by atoms with Gasteiger partial charge in [-0.2, -0.15) is 8.42 Å². The minimum Gasteiger partial charge on any atom is -0.322 e. The quantitative estimate of drug-likeness (QED) is 0.127. The highest BCUT2D eigenvalue weighted by Crippen LogP contribution is 2.29. The molecule has 0 aliphatic carbocycles. The van der Waals surface area contributed by atoms with Crippen LogP contribution in [-0.2, 0) is 10.1 Å². The molecule has 4 N–H and O–H groups in total. The maximum atomic E-state index is 13.8. The van der Waals surface area contributed by atoms with Gasteiger partial charge in [-0.05, 0) is 70.1 Å². The molecule has 7 rings (SSSR count). The molecule has 0 fully saturated rings. The van der Waals surface area contributed by atoms with E-state index in [-0.39, 0.29) is 21.7 Å². The predicted octanol–water partition coefficient (Wildman–Crippen LogP) is 8.15. The van der Waals surface area contributed by atoms with Gasteiger partial charge in [0.25, 0.3) is 27.8 Å². The molecule has 0 aromatic heterocycles. The van der Waals surface area contributed by atoms with E-state index >= 15 is 0 Å². The van der Waals surface area contributed by atoms with Gasteiger partial charge in [0, 0.05) is 44.5 Å². The lowest BCUT2D eigenvalue weighted by Gasteiger charge is -2.14. The van der Waals surface area contributed by atoms with Gasteiger partial charge in [-0.1, -0.05) is 91.0 Å². The van der Waals surface area contributed by atoms with Gasteiger partial charge in [0.15, 0.2) is 0 Å². The summed E-state index contributed by atoms with van der Waals surface area (Å²) in [6.07, 6.45) is 0. The van der Waals surface area contributed by atoms with E-state index in [1.165, 1.54) is 36.4 Å². The summed E-state index contributed by atoms with van der Waals surface area (Å²) >= 11 is 0. The van der Waals surface area contributed by atoms with E-state index in [1.54, 1.807) is 36.4 Å². The van der Waals surface area contributed by atoms with E-state index in [1.807, 2.05) is 66.7 Å². The molecule has 10 heteroatoms. The number of rotatable bonds is 7. The lowest BCUT2D eigenvalue weighted by atomic mass is 10.0. The first-order chi connectivity index (χ1) is 23.6. The molecule has 0 unspecified atom stereocenters. The first kappa shape index (κ1) is 31.3. The molecule has 0 bridgehead atoms. The number of carbonyl (C=O) groups excluding carboxylic acids is 3. The maximum absolute atomic E-state index is 13.8. The molecule has 3 amide bonds. The zero-order chi connectivity index (χ0) is 34.1. The molecule has 49 heavy (non-hydrogen) atoms. The molecule has 0 saturated heterocycles. The topological polar surface area (TPSA) is 142 Å². The van der Waals surface area contributed by atoms with E-state index in [0.717, 1.165) is 21.5 Å². The van der Waals surface area contributed by atoms with Crippen molar-refractivity contribution in [3.8, 4) is 0 Å². The second-order valence-electron chi connectivity index (χ2n) is 11.4. The van der Waals surface area contributed by atoms with Crippen LogP contribution in [0.1, 0.15) is 31.1 Å². The molecule has 240 valence electrons. The molecule has 0 atom stereocenters. The number of fused-ring (bicyclic) bond motifs is 3. The maximum Gasteiger partial charge on any atom is 0.294 e. The van der Waals surface area contributed by atoms with Crippen LogP contribution >= 0.6 is 0 Å². The molecule has 0 heterocycles.